The summed E-state index contributed by atoms with van der Waals surface area (Å²) in [6.45, 7) is 3.85. The largest absolute Gasteiger partial charge is 0.341 e. The summed E-state index contributed by atoms with van der Waals surface area (Å²) in [5, 5.41) is 0. The quantitative estimate of drug-likeness (QED) is 0.785. The Hall–Kier alpha value is -1.43. The first-order chi connectivity index (χ1) is 9.49. The van der Waals surface area contributed by atoms with Gasteiger partial charge in [0, 0.05) is 37.6 Å². The number of hydrogen-bond donors (Lipinski definition) is 0. The van der Waals surface area contributed by atoms with Crippen LogP contribution in [0.2, 0.25) is 0 Å². The molecule has 0 unspecified atom stereocenters. The fraction of sp³-hybridized carbons (Fsp3) is 0.429. The smallest absolute Gasteiger partial charge is 0.255 e. The van der Waals surface area contributed by atoms with Gasteiger partial charge in [-0.05, 0) is 40.5 Å². The maximum absolute atomic E-state index is 13.1. The van der Waals surface area contributed by atoms with Gasteiger partial charge in [-0.2, -0.15) is 0 Å². The van der Waals surface area contributed by atoms with Crippen molar-refractivity contribution in [3.63, 3.8) is 0 Å². The van der Waals surface area contributed by atoms with Crippen LogP contribution in [0.3, 0.4) is 0 Å². The molecule has 0 aromatic heterocycles. The molecule has 6 heteroatoms. The first-order valence-electron chi connectivity index (χ1n) is 6.49. The zero-order valence-electron chi connectivity index (χ0n) is 11.2. The SMILES string of the molecule is CC(=O)N1CCCN(C(=O)c2ccc(F)cc2Br)CC1. The summed E-state index contributed by atoms with van der Waals surface area (Å²) < 4.78 is 13.5. The average Bonchev–Trinajstić information content (AvgIpc) is 2.63. The van der Waals surface area contributed by atoms with E-state index in [9.17, 15) is 14.0 Å². The minimum Gasteiger partial charge on any atom is -0.341 e. The Morgan fingerprint density at radius 2 is 1.80 bits per heavy atom. The Morgan fingerprint density at radius 3 is 2.45 bits per heavy atom. The van der Waals surface area contributed by atoms with Gasteiger partial charge in [0.15, 0.2) is 0 Å². The maximum Gasteiger partial charge on any atom is 0.255 e. The summed E-state index contributed by atoms with van der Waals surface area (Å²) in [7, 11) is 0. The highest BCUT2D eigenvalue weighted by Crippen LogP contribution is 2.20. The van der Waals surface area contributed by atoms with E-state index in [0.29, 0.717) is 36.2 Å². The van der Waals surface area contributed by atoms with E-state index in [1.807, 2.05) is 0 Å². The molecular formula is C14H16BrFN2O2. The lowest BCUT2D eigenvalue weighted by Gasteiger charge is -2.22. The summed E-state index contributed by atoms with van der Waals surface area (Å²) in [5.41, 5.74) is 0.447. The summed E-state index contributed by atoms with van der Waals surface area (Å²) in [6.07, 6.45) is 0.754. The molecule has 0 atom stereocenters. The van der Waals surface area contributed by atoms with E-state index in [4.69, 9.17) is 0 Å². The molecular weight excluding hydrogens is 327 g/mol. The minimum absolute atomic E-state index is 0.0299. The number of carbonyl (C=O) groups excluding carboxylic acids is 2. The van der Waals surface area contributed by atoms with Gasteiger partial charge in [-0.25, -0.2) is 4.39 Å². The molecule has 1 aliphatic rings. The van der Waals surface area contributed by atoms with Crippen molar-refractivity contribution in [1.29, 1.82) is 0 Å². The van der Waals surface area contributed by atoms with Crippen LogP contribution in [0, 0.1) is 5.82 Å². The van der Waals surface area contributed by atoms with Gasteiger partial charge >= 0.3 is 0 Å². The molecule has 1 fully saturated rings. The monoisotopic (exact) mass is 342 g/mol. The average molecular weight is 343 g/mol. The van der Waals surface area contributed by atoms with Gasteiger partial charge in [0.05, 0.1) is 5.56 Å². The van der Waals surface area contributed by atoms with Crippen LogP contribution >= 0.6 is 15.9 Å². The molecule has 20 heavy (non-hydrogen) atoms. The topological polar surface area (TPSA) is 40.6 Å². The van der Waals surface area contributed by atoms with Crippen molar-refractivity contribution in [2.45, 2.75) is 13.3 Å². The van der Waals surface area contributed by atoms with Gasteiger partial charge in [0.1, 0.15) is 5.82 Å². The fourth-order valence-electron chi connectivity index (χ4n) is 2.27. The van der Waals surface area contributed by atoms with Crippen LogP contribution in [0.4, 0.5) is 4.39 Å². The van der Waals surface area contributed by atoms with E-state index in [-0.39, 0.29) is 17.6 Å². The van der Waals surface area contributed by atoms with Crippen molar-refractivity contribution in [3.05, 3.63) is 34.1 Å². The lowest BCUT2D eigenvalue weighted by atomic mass is 10.2. The van der Waals surface area contributed by atoms with Crippen LogP contribution in [0.15, 0.2) is 22.7 Å². The number of rotatable bonds is 1. The van der Waals surface area contributed by atoms with Crippen molar-refractivity contribution in [3.8, 4) is 0 Å². The molecule has 4 nitrogen and oxygen atoms in total. The highest BCUT2D eigenvalue weighted by Gasteiger charge is 2.22. The van der Waals surface area contributed by atoms with Crippen LogP contribution in [-0.2, 0) is 4.79 Å². The van der Waals surface area contributed by atoms with Crippen molar-refractivity contribution in [2.24, 2.45) is 0 Å². The molecule has 0 saturated carbocycles. The summed E-state index contributed by atoms with van der Waals surface area (Å²) in [5.74, 6) is -0.489. The van der Waals surface area contributed by atoms with E-state index >= 15 is 0 Å². The molecule has 1 saturated heterocycles. The number of amides is 2. The van der Waals surface area contributed by atoms with Crippen molar-refractivity contribution < 1.29 is 14.0 Å². The lowest BCUT2D eigenvalue weighted by molar-refractivity contribution is -0.128. The molecule has 0 N–H and O–H groups in total. The van der Waals surface area contributed by atoms with Crippen LogP contribution in [0.1, 0.15) is 23.7 Å². The molecule has 108 valence electrons. The number of halogens is 2. The van der Waals surface area contributed by atoms with Crippen LogP contribution in [0.25, 0.3) is 0 Å². The van der Waals surface area contributed by atoms with Gasteiger partial charge in [-0.15, -0.1) is 0 Å². The highest BCUT2D eigenvalue weighted by atomic mass is 79.9. The predicted octanol–water partition coefficient (Wildman–Crippen LogP) is 2.28. The molecule has 0 bridgehead atoms. The second-order valence-electron chi connectivity index (χ2n) is 4.78. The molecule has 1 aliphatic heterocycles. The lowest BCUT2D eigenvalue weighted by Crippen LogP contribution is -2.36. The fourth-order valence-corrected chi connectivity index (χ4v) is 2.79. The van der Waals surface area contributed by atoms with E-state index in [0.717, 1.165) is 6.42 Å². The van der Waals surface area contributed by atoms with E-state index in [1.54, 1.807) is 9.80 Å². The normalized spacial score (nSPS) is 15.9. The summed E-state index contributed by atoms with van der Waals surface area (Å²) >= 11 is 3.22. The van der Waals surface area contributed by atoms with Gasteiger partial charge < -0.3 is 9.80 Å². The van der Waals surface area contributed by atoms with Crippen LogP contribution in [-0.4, -0.2) is 47.8 Å². The van der Waals surface area contributed by atoms with Crippen molar-refractivity contribution in [1.82, 2.24) is 9.80 Å². The first-order valence-corrected chi connectivity index (χ1v) is 7.28. The zero-order chi connectivity index (χ0) is 14.7. The highest BCUT2D eigenvalue weighted by molar-refractivity contribution is 9.10. The van der Waals surface area contributed by atoms with Crippen LogP contribution in [0.5, 0.6) is 0 Å². The zero-order valence-corrected chi connectivity index (χ0v) is 12.8. The molecule has 1 aromatic rings. The van der Waals surface area contributed by atoms with Gasteiger partial charge in [-0.3, -0.25) is 9.59 Å². The van der Waals surface area contributed by atoms with E-state index in [1.165, 1.54) is 25.1 Å². The second-order valence-corrected chi connectivity index (χ2v) is 5.63. The molecule has 1 heterocycles. The predicted molar refractivity (Wildman–Crippen MR) is 76.9 cm³/mol. The minimum atomic E-state index is -0.382. The number of nitrogens with zero attached hydrogens (tertiary/aromatic N) is 2. The molecule has 2 rings (SSSR count). The third kappa shape index (κ3) is 3.36. The van der Waals surface area contributed by atoms with Gasteiger partial charge in [0.25, 0.3) is 5.91 Å². The maximum atomic E-state index is 13.1. The van der Waals surface area contributed by atoms with Gasteiger partial charge in [-0.1, -0.05) is 0 Å². The molecule has 0 aliphatic carbocycles. The number of benzene rings is 1. The second kappa shape index (κ2) is 6.35. The Kier molecular flexibility index (Phi) is 4.75. The van der Waals surface area contributed by atoms with Crippen molar-refractivity contribution in [2.75, 3.05) is 26.2 Å². The summed E-state index contributed by atoms with van der Waals surface area (Å²) in [6, 6.07) is 4.04. The number of carbonyl (C=O) groups is 2. The standard InChI is InChI=1S/C14H16BrFN2O2/c1-10(19)17-5-2-6-18(8-7-17)14(20)12-4-3-11(16)9-13(12)15/h3-4,9H,2,5-8H2,1H3. The Morgan fingerprint density at radius 1 is 1.15 bits per heavy atom. The molecule has 2 amide bonds. The molecule has 0 spiro atoms. The molecule has 0 radical (unpaired) electrons. The summed E-state index contributed by atoms with van der Waals surface area (Å²) in [4.78, 5) is 27.2. The Balaban J connectivity index is 2.11. The Bertz CT molecular complexity index is 536. The van der Waals surface area contributed by atoms with Crippen molar-refractivity contribution >= 4 is 27.7 Å². The molecule has 1 aromatic carbocycles. The number of hydrogen-bond acceptors (Lipinski definition) is 2. The van der Waals surface area contributed by atoms with E-state index in [2.05, 4.69) is 15.9 Å². The first kappa shape index (κ1) is 15.0. The van der Waals surface area contributed by atoms with Gasteiger partial charge in [0.2, 0.25) is 5.91 Å². The van der Waals surface area contributed by atoms with Crippen LogP contribution < -0.4 is 0 Å². The third-order valence-corrected chi connectivity index (χ3v) is 4.05. The third-order valence-electron chi connectivity index (χ3n) is 3.39. The van der Waals surface area contributed by atoms with E-state index < -0.39 is 0 Å². The Labute approximate surface area is 125 Å².